The van der Waals surface area contributed by atoms with Gasteiger partial charge in [-0.3, -0.25) is 4.79 Å². The number of pyridine rings is 1. The summed E-state index contributed by atoms with van der Waals surface area (Å²) in [4.78, 5) is 12.5. The van der Waals surface area contributed by atoms with Crippen molar-refractivity contribution in [1.29, 1.82) is 0 Å². The van der Waals surface area contributed by atoms with Crippen molar-refractivity contribution < 1.29 is 4.74 Å². The molecule has 0 aliphatic heterocycles. The summed E-state index contributed by atoms with van der Waals surface area (Å²) in [5.41, 5.74) is 8.28. The van der Waals surface area contributed by atoms with Crippen LogP contribution < -0.4 is 16.0 Å². The highest BCUT2D eigenvalue weighted by Crippen LogP contribution is 2.22. The van der Waals surface area contributed by atoms with Gasteiger partial charge < -0.3 is 15.0 Å². The Morgan fingerprint density at radius 1 is 1.09 bits per heavy atom. The van der Waals surface area contributed by atoms with Crippen molar-refractivity contribution in [3.05, 3.63) is 52.3 Å². The highest BCUT2D eigenvalue weighted by Gasteiger charge is 2.09. The first-order chi connectivity index (χ1) is 10.7. The summed E-state index contributed by atoms with van der Waals surface area (Å²) < 4.78 is 7.30. The van der Waals surface area contributed by atoms with E-state index in [0.717, 1.165) is 29.8 Å². The molecule has 22 heavy (non-hydrogen) atoms. The number of rotatable bonds is 7. The van der Waals surface area contributed by atoms with Gasteiger partial charge in [0, 0.05) is 18.7 Å². The van der Waals surface area contributed by atoms with Crippen LogP contribution >= 0.6 is 0 Å². The molecule has 4 heteroatoms. The largest absolute Gasteiger partial charge is 0.494 e. The Labute approximate surface area is 131 Å². The molecule has 118 valence electrons. The number of hydrogen-bond donors (Lipinski definition) is 1. The predicted octanol–water partition coefficient (Wildman–Crippen LogP) is 3.17. The topological polar surface area (TPSA) is 57.2 Å². The lowest BCUT2D eigenvalue weighted by molar-refractivity contribution is 0.340. The Morgan fingerprint density at radius 3 is 2.41 bits per heavy atom. The minimum absolute atomic E-state index is 0.0161. The van der Waals surface area contributed by atoms with Crippen LogP contribution in [0.15, 0.2) is 41.2 Å². The Morgan fingerprint density at radius 2 is 1.82 bits per heavy atom. The molecule has 0 saturated heterocycles. The van der Waals surface area contributed by atoms with E-state index in [9.17, 15) is 4.79 Å². The molecule has 0 spiro atoms. The summed E-state index contributed by atoms with van der Waals surface area (Å²) in [6.07, 6.45) is 2.01. The van der Waals surface area contributed by atoms with Gasteiger partial charge >= 0.3 is 0 Å². The van der Waals surface area contributed by atoms with Gasteiger partial charge in [0.25, 0.3) is 5.56 Å². The molecule has 1 aromatic carbocycles. The molecule has 0 radical (unpaired) electrons. The van der Waals surface area contributed by atoms with E-state index in [0.29, 0.717) is 18.7 Å². The number of unbranched alkanes of at least 4 members (excludes halogenated alkanes) is 1. The molecule has 0 amide bonds. The zero-order chi connectivity index (χ0) is 15.9. The van der Waals surface area contributed by atoms with Crippen molar-refractivity contribution in [3.63, 3.8) is 0 Å². The monoisotopic (exact) mass is 300 g/mol. The first-order valence-electron chi connectivity index (χ1n) is 7.87. The quantitative estimate of drug-likeness (QED) is 0.854. The third-order valence-electron chi connectivity index (χ3n) is 3.67. The fourth-order valence-electron chi connectivity index (χ4n) is 2.46. The molecular weight excluding hydrogens is 276 g/mol. The number of ether oxygens (including phenoxy) is 1. The molecule has 0 saturated carbocycles. The summed E-state index contributed by atoms with van der Waals surface area (Å²) in [7, 11) is 0. The Bertz CT molecular complexity index is 660. The number of hydrogen-bond acceptors (Lipinski definition) is 3. The van der Waals surface area contributed by atoms with Crippen LogP contribution in [0.25, 0.3) is 11.3 Å². The average Bonchev–Trinajstić information content (AvgIpc) is 2.54. The molecule has 0 atom stereocenters. The van der Waals surface area contributed by atoms with Gasteiger partial charge in [0.2, 0.25) is 0 Å². The second-order valence-electron chi connectivity index (χ2n) is 5.22. The van der Waals surface area contributed by atoms with Gasteiger partial charge in [-0.15, -0.1) is 0 Å². The molecular formula is C18H24N2O2. The van der Waals surface area contributed by atoms with E-state index in [1.807, 2.05) is 47.9 Å². The molecule has 2 rings (SSSR count). The maximum atomic E-state index is 12.5. The van der Waals surface area contributed by atoms with E-state index in [1.54, 1.807) is 0 Å². The fourth-order valence-corrected chi connectivity index (χ4v) is 2.46. The predicted molar refractivity (Wildman–Crippen MR) is 90.1 cm³/mol. The normalized spacial score (nSPS) is 10.7. The molecule has 1 aromatic heterocycles. The third-order valence-corrected chi connectivity index (χ3v) is 3.67. The molecule has 4 nitrogen and oxygen atoms in total. The first-order valence-corrected chi connectivity index (χ1v) is 7.87. The number of aromatic nitrogens is 1. The molecule has 0 bridgehead atoms. The Balaban J connectivity index is 2.44. The zero-order valence-corrected chi connectivity index (χ0v) is 13.3. The lowest BCUT2D eigenvalue weighted by atomic mass is 10.1. The van der Waals surface area contributed by atoms with Crippen LogP contribution in [-0.2, 0) is 13.1 Å². The maximum absolute atomic E-state index is 12.5. The summed E-state index contributed by atoms with van der Waals surface area (Å²) in [5.74, 6) is 0.840. The van der Waals surface area contributed by atoms with Crippen LogP contribution in [0.5, 0.6) is 5.75 Å². The van der Waals surface area contributed by atoms with E-state index in [1.165, 1.54) is 0 Å². The lowest BCUT2D eigenvalue weighted by Crippen LogP contribution is -2.26. The van der Waals surface area contributed by atoms with Crippen molar-refractivity contribution in [1.82, 2.24) is 4.57 Å². The second-order valence-corrected chi connectivity index (χ2v) is 5.22. The van der Waals surface area contributed by atoms with Crippen molar-refractivity contribution in [2.75, 3.05) is 6.61 Å². The lowest BCUT2D eigenvalue weighted by Gasteiger charge is -2.14. The van der Waals surface area contributed by atoms with Gasteiger partial charge in [-0.05, 0) is 49.2 Å². The van der Waals surface area contributed by atoms with Gasteiger partial charge in [-0.2, -0.15) is 0 Å². The van der Waals surface area contributed by atoms with E-state index in [2.05, 4.69) is 6.92 Å². The van der Waals surface area contributed by atoms with Crippen LogP contribution in [0.4, 0.5) is 0 Å². The highest BCUT2D eigenvalue weighted by atomic mass is 16.5. The molecule has 0 aliphatic carbocycles. The minimum atomic E-state index is 0.0161. The summed E-state index contributed by atoms with van der Waals surface area (Å²) >= 11 is 0. The van der Waals surface area contributed by atoms with Crippen molar-refractivity contribution in [3.8, 4) is 17.0 Å². The Kier molecular flexibility index (Phi) is 5.78. The van der Waals surface area contributed by atoms with E-state index < -0.39 is 0 Å². The SMILES string of the molecule is CCCCn1c(-c2ccc(OCC)cc2)ccc(CN)c1=O. The van der Waals surface area contributed by atoms with E-state index in [-0.39, 0.29) is 12.1 Å². The van der Waals surface area contributed by atoms with Crippen LogP contribution in [0.1, 0.15) is 32.3 Å². The van der Waals surface area contributed by atoms with Gasteiger partial charge in [0.15, 0.2) is 0 Å². The summed E-state index contributed by atoms with van der Waals surface area (Å²) in [5, 5.41) is 0. The number of nitrogens with two attached hydrogens (primary N) is 1. The van der Waals surface area contributed by atoms with Crippen molar-refractivity contribution in [2.45, 2.75) is 39.8 Å². The third kappa shape index (κ3) is 3.57. The average molecular weight is 300 g/mol. The van der Waals surface area contributed by atoms with E-state index >= 15 is 0 Å². The second kappa shape index (κ2) is 7.80. The van der Waals surface area contributed by atoms with Gasteiger partial charge in [-0.1, -0.05) is 19.4 Å². The van der Waals surface area contributed by atoms with Crippen LogP contribution in [0, 0.1) is 0 Å². The van der Waals surface area contributed by atoms with Crippen LogP contribution in [0.3, 0.4) is 0 Å². The summed E-state index contributed by atoms with van der Waals surface area (Å²) in [6.45, 7) is 5.71. The highest BCUT2D eigenvalue weighted by molar-refractivity contribution is 5.61. The molecule has 0 unspecified atom stereocenters. The van der Waals surface area contributed by atoms with Gasteiger partial charge in [0.1, 0.15) is 5.75 Å². The standard InChI is InChI=1S/C18H24N2O2/c1-3-5-12-20-17(11-8-15(13-19)18(20)21)14-6-9-16(10-7-14)22-4-2/h6-11H,3-5,12-13,19H2,1-2H3. The van der Waals surface area contributed by atoms with Crippen molar-refractivity contribution in [2.24, 2.45) is 5.73 Å². The molecule has 1 heterocycles. The molecule has 0 fully saturated rings. The minimum Gasteiger partial charge on any atom is -0.494 e. The van der Waals surface area contributed by atoms with Crippen molar-refractivity contribution >= 4 is 0 Å². The number of nitrogens with zero attached hydrogens (tertiary/aromatic N) is 1. The van der Waals surface area contributed by atoms with Crippen LogP contribution in [0.2, 0.25) is 0 Å². The van der Waals surface area contributed by atoms with Gasteiger partial charge in [-0.25, -0.2) is 0 Å². The summed E-state index contributed by atoms with van der Waals surface area (Å²) in [6, 6.07) is 11.7. The molecule has 0 aliphatic rings. The maximum Gasteiger partial charge on any atom is 0.255 e. The Hall–Kier alpha value is -2.07. The van der Waals surface area contributed by atoms with E-state index in [4.69, 9.17) is 10.5 Å². The first kappa shape index (κ1) is 16.3. The smallest absolute Gasteiger partial charge is 0.255 e. The molecule has 2 N–H and O–H groups in total. The van der Waals surface area contributed by atoms with Crippen LogP contribution in [-0.4, -0.2) is 11.2 Å². The number of benzene rings is 1. The zero-order valence-electron chi connectivity index (χ0n) is 13.3. The molecule has 2 aromatic rings. The fraction of sp³-hybridized carbons (Fsp3) is 0.389. The van der Waals surface area contributed by atoms with Gasteiger partial charge in [0.05, 0.1) is 12.3 Å².